The molecule has 0 bridgehead atoms. The van der Waals surface area contributed by atoms with Crippen molar-refractivity contribution in [1.82, 2.24) is 5.32 Å². The lowest BCUT2D eigenvalue weighted by Gasteiger charge is -2.11. The molecule has 2 atom stereocenters. The Morgan fingerprint density at radius 1 is 1.50 bits per heavy atom. The summed E-state index contributed by atoms with van der Waals surface area (Å²) in [5.41, 5.74) is 0. The maximum absolute atomic E-state index is 3.54. The van der Waals surface area contributed by atoms with Gasteiger partial charge >= 0.3 is 0 Å². The van der Waals surface area contributed by atoms with Gasteiger partial charge in [0.25, 0.3) is 0 Å². The summed E-state index contributed by atoms with van der Waals surface area (Å²) in [6, 6.07) is 0.815. The number of nitrogens with one attached hydrogen (secondary N) is 1. The Balaban J connectivity index is 2.18. The Labute approximate surface area is 64.2 Å². The minimum atomic E-state index is 0.815. The topological polar surface area (TPSA) is 12.0 Å². The van der Waals surface area contributed by atoms with Gasteiger partial charge in [0, 0.05) is 6.04 Å². The molecule has 0 aliphatic carbocycles. The molecule has 1 fully saturated rings. The first kappa shape index (κ1) is 8.06. The Hall–Kier alpha value is -0.0400. The van der Waals surface area contributed by atoms with Crippen molar-refractivity contribution in [1.29, 1.82) is 0 Å². The van der Waals surface area contributed by atoms with Crippen molar-refractivity contribution >= 4 is 0 Å². The average molecular weight is 141 g/mol. The Morgan fingerprint density at radius 2 is 2.20 bits per heavy atom. The fourth-order valence-corrected chi connectivity index (χ4v) is 1.77. The molecular formula is C9H19N. The molecule has 0 aromatic heterocycles. The largest absolute Gasteiger partial charge is 0.314 e. The van der Waals surface area contributed by atoms with E-state index in [9.17, 15) is 0 Å². The lowest BCUT2D eigenvalue weighted by Crippen LogP contribution is -2.22. The van der Waals surface area contributed by atoms with Crippen LogP contribution in [-0.4, -0.2) is 12.6 Å². The van der Waals surface area contributed by atoms with E-state index in [1.165, 1.54) is 19.4 Å². The van der Waals surface area contributed by atoms with E-state index in [4.69, 9.17) is 0 Å². The van der Waals surface area contributed by atoms with Gasteiger partial charge in [-0.2, -0.15) is 0 Å². The summed E-state index contributed by atoms with van der Waals surface area (Å²) in [5, 5.41) is 3.54. The van der Waals surface area contributed by atoms with Crippen LogP contribution in [0.3, 0.4) is 0 Å². The van der Waals surface area contributed by atoms with Gasteiger partial charge in [-0.15, -0.1) is 0 Å². The van der Waals surface area contributed by atoms with E-state index in [-0.39, 0.29) is 0 Å². The maximum Gasteiger partial charge on any atom is 0.00726 e. The zero-order valence-electron chi connectivity index (χ0n) is 7.35. The number of hydrogen-bond acceptors (Lipinski definition) is 1. The van der Waals surface area contributed by atoms with Gasteiger partial charge in [0.15, 0.2) is 0 Å². The second-order valence-electron chi connectivity index (χ2n) is 4.08. The Kier molecular flexibility index (Phi) is 2.72. The van der Waals surface area contributed by atoms with E-state index in [0.717, 1.165) is 17.9 Å². The van der Waals surface area contributed by atoms with E-state index in [1.807, 2.05) is 0 Å². The highest BCUT2D eigenvalue weighted by molar-refractivity contribution is 4.79. The van der Waals surface area contributed by atoms with Crippen LogP contribution < -0.4 is 5.32 Å². The van der Waals surface area contributed by atoms with Gasteiger partial charge in [-0.1, -0.05) is 20.8 Å². The van der Waals surface area contributed by atoms with Crippen LogP contribution in [-0.2, 0) is 0 Å². The molecule has 0 spiro atoms. The monoisotopic (exact) mass is 141 g/mol. The maximum atomic E-state index is 3.54. The molecule has 1 nitrogen and oxygen atoms in total. The standard InChI is InChI=1S/C9H19N/c1-7(2)4-9-5-8(3)6-10-9/h7-10H,4-6H2,1-3H3/t8-,9-/m1/s1. The summed E-state index contributed by atoms with van der Waals surface area (Å²) in [6.07, 6.45) is 2.74. The van der Waals surface area contributed by atoms with Crippen LogP contribution in [0.1, 0.15) is 33.6 Å². The molecule has 0 aromatic carbocycles. The van der Waals surface area contributed by atoms with Gasteiger partial charge in [-0.05, 0) is 31.2 Å². The summed E-state index contributed by atoms with van der Waals surface area (Å²) in [7, 11) is 0. The van der Waals surface area contributed by atoms with Crippen molar-refractivity contribution in [3.63, 3.8) is 0 Å². The molecule has 0 radical (unpaired) electrons. The molecule has 0 aromatic rings. The lowest BCUT2D eigenvalue weighted by molar-refractivity contribution is 0.457. The molecule has 1 N–H and O–H groups in total. The molecular weight excluding hydrogens is 122 g/mol. The van der Waals surface area contributed by atoms with Crippen molar-refractivity contribution in [2.45, 2.75) is 39.7 Å². The number of hydrogen-bond donors (Lipinski definition) is 1. The van der Waals surface area contributed by atoms with E-state index < -0.39 is 0 Å². The molecule has 1 aliphatic rings. The van der Waals surface area contributed by atoms with Crippen LogP contribution in [0.15, 0.2) is 0 Å². The van der Waals surface area contributed by atoms with Crippen molar-refractivity contribution in [3.8, 4) is 0 Å². The van der Waals surface area contributed by atoms with Crippen LogP contribution in [0.5, 0.6) is 0 Å². The summed E-state index contributed by atoms with van der Waals surface area (Å²) in [5.74, 6) is 1.76. The van der Waals surface area contributed by atoms with Gasteiger partial charge in [0.1, 0.15) is 0 Å². The van der Waals surface area contributed by atoms with Crippen LogP contribution in [0.25, 0.3) is 0 Å². The SMILES string of the molecule is CC(C)C[C@@H]1C[C@@H](C)CN1. The van der Waals surface area contributed by atoms with E-state index >= 15 is 0 Å². The highest BCUT2D eigenvalue weighted by Crippen LogP contribution is 2.18. The van der Waals surface area contributed by atoms with Crippen molar-refractivity contribution in [2.75, 3.05) is 6.54 Å². The first-order chi connectivity index (χ1) is 4.68. The highest BCUT2D eigenvalue weighted by atomic mass is 14.9. The Bertz CT molecular complexity index is 98.9. The quantitative estimate of drug-likeness (QED) is 0.620. The van der Waals surface area contributed by atoms with Gasteiger partial charge in [-0.25, -0.2) is 0 Å². The third-order valence-electron chi connectivity index (χ3n) is 2.20. The first-order valence-electron chi connectivity index (χ1n) is 4.42. The van der Waals surface area contributed by atoms with Crippen LogP contribution in [0.2, 0.25) is 0 Å². The summed E-state index contributed by atoms with van der Waals surface area (Å²) in [6.45, 7) is 8.15. The molecule has 0 saturated carbocycles. The van der Waals surface area contributed by atoms with Gasteiger partial charge in [0.2, 0.25) is 0 Å². The fraction of sp³-hybridized carbons (Fsp3) is 1.00. The predicted octanol–water partition coefficient (Wildman–Crippen LogP) is 2.03. The first-order valence-corrected chi connectivity index (χ1v) is 4.42. The van der Waals surface area contributed by atoms with E-state index in [0.29, 0.717) is 0 Å². The fourth-order valence-electron chi connectivity index (χ4n) is 1.77. The highest BCUT2D eigenvalue weighted by Gasteiger charge is 2.20. The average Bonchev–Trinajstić information content (AvgIpc) is 2.13. The third kappa shape index (κ3) is 2.30. The third-order valence-corrected chi connectivity index (χ3v) is 2.20. The zero-order chi connectivity index (χ0) is 7.56. The lowest BCUT2D eigenvalue weighted by atomic mass is 10.00. The molecule has 60 valence electrons. The van der Waals surface area contributed by atoms with Gasteiger partial charge < -0.3 is 5.32 Å². The number of rotatable bonds is 2. The Morgan fingerprint density at radius 3 is 2.60 bits per heavy atom. The van der Waals surface area contributed by atoms with Crippen LogP contribution >= 0.6 is 0 Å². The molecule has 1 saturated heterocycles. The molecule has 10 heavy (non-hydrogen) atoms. The van der Waals surface area contributed by atoms with Crippen molar-refractivity contribution < 1.29 is 0 Å². The van der Waals surface area contributed by atoms with Crippen molar-refractivity contribution in [3.05, 3.63) is 0 Å². The van der Waals surface area contributed by atoms with E-state index in [2.05, 4.69) is 26.1 Å². The van der Waals surface area contributed by atoms with Crippen molar-refractivity contribution in [2.24, 2.45) is 11.8 Å². The molecule has 0 unspecified atom stereocenters. The van der Waals surface area contributed by atoms with Gasteiger partial charge in [0.05, 0.1) is 0 Å². The molecule has 1 heterocycles. The zero-order valence-corrected chi connectivity index (χ0v) is 7.35. The second-order valence-corrected chi connectivity index (χ2v) is 4.08. The minimum Gasteiger partial charge on any atom is -0.314 e. The summed E-state index contributed by atoms with van der Waals surface area (Å²) >= 11 is 0. The smallest absolute Gasteiger partial charge is 0.00726 e. The molecule has 0 amide bonds. The van der Waals surface area contributed by atoms with Crippen LogP contribution in [0, 0.1) is 11.8 Å². The molecule has 1 heteroatoms. The summed E-state index contributed by atoms with van der Waals surface area (Å²) < 4.78 is 0. The minimum absolute atomic E-state index is 0.815. The predicted molar refractivity (Wildman–Crippen MR) is 45.0 cm³/mol. The molecule has 1 aliphatic heterocycles. The normalized spacial score (nSPS) is 33.6. The second kappa shape index (κ2) is 3.38. The van der Waals surface area contributed by atoms with E-state index in [1.54, 1.807) is 0 Å². The molecule has 1 rings (SSSR count). The van der Waals surface area contributed by atoms with Crippen LogP contribution in [0.4, 0.5) is 0 Å². The van der Waals surface area contributed by atoms with Gasteiger partial charge in [-0.3, -0.25) is 0 Å². The summed E-state index contributed by atoms with van der Waals surface area (Å²) in [4.78, 5) is 0.